The fourth-order valence-electron chi connectivity index (χ4n) is 3.05. The molecule has 0 radical (unpaired) electrons. The maximum atomic E-state index is 10.9. The molecule has 0 spiro atoms. The molecule has 2 aromatic carbocycles. The fourth-order valence-corrected chi connectivity index (χ4v) is 3.05. The van der Waals surface area contributed by atoms with Crippen LogP contribution in [0.25, 0.3) is 16.9 Å². The molecule has 0 saturated heterocycles. The Morgan fingerprint density at radius 1 is 1.07 bits per heavy atom. The van der Waals surface area contributed by atoms with Gasteiger partial charge in [0.15, 0.2) is 0 Å². The zero-order valence-electron chi connectivity index (χ0n) is 16.0. The van der Waals surface area contributed by atoms with E-state index in [-0.39, 0.29) is 6.61 Å². The van der Waals surface area contributed by atoms with Crippen molar-refractivity contribution in [2.45, 2.75) is 32.3 Å². The molecule has 142 valence electrons. The van der Waals surface area contributed by atoms with E-state index >= 15 is 0 Å². The van der Waals surface area contributed by atoms with Crippen molar-refractivity contribution in [1.29, 1.82) is 0 Å². The van der Waals surface area contributed by atoms with Gasteiger partial charge in [0.1, 0.15) is 11.4 Å². The second-order valence-corrected chi connectivity index (χ2v) is 6.99. The topological polar surface area (TPSA) is 67.5 Å². The van der Waals surface area contributed by atoms with Gasteiger partial charge in [0.25, 0.3) is 0 Å². The van der Waals surface area contributed by atoms with Gasteiger partial charge in [-0.05, 0) is 57.0 Å². The van der Waals surface area contributed by atoms with Gasteiger partial charge in [-0.3, -0.25) is 0 Å². The third kappa shape index (κ3) is 4.21. The lowest BCUT2D eigenvalue weighted by atomic mass is 9.95. The van der Waals surface area contributed by atoms with Gasteiger partial charge >= 0.3 is 0 Å². The Bertz CT molecular complexity index is 881. The number of methoxy groups -OCH3 is 1. The highest BCUT2D eigenvalue weighted by atomic mass is 16.5. The van der Waals surface area contributed by atoms with Crippen molar-refractivity contribution in [3.8, 4) is 22.7 Å². The zero-order valence-corrected chi connectivity index (χ0v) is 16.0. The SMILES string of the molecule is COc1ccc(-n2nc(C(C)(O)CCCO)cc2-c2ccc(C)cc2)cc1. The van der Waals surface area contributed by atoms with Crippen LogP contribution in [0.1, 0.15) is 31.0 Å². The minimum absolute atomic E-state index is 0.0418. The smallest absolute Gasteiger partial charge is 0.119 e. The average molecular weight is 366 g/mol. The van der Waals surface area contributed by atoms with Crippen LogP contribution in [0.5, 0.6) is 5.75 Å². The Hall–Kier alpha value is -2.63. The van der Waals surface area contributed by atoms with Crippen LogP contribution < -0.4 is 4.74 Å². The average Bonchev–Trinajstić information content (AvgIpc) is 3.13. The van der Waals surface area contributed by atoms with Crippen LogP contribution in [0, 0.1) is 6.92 Å². The summed E-state index contributed by atoms with van der Waals surface area (Å²) in [4.78, 5) is 0. The molecular weight excluding hydrogens is 340 g/mol. The van der Waals surface area contributed by atoms with Crippen molar-refractivity contribution < 1.29 is 14.9 Å². The largest absolute Gasteiger partial charge is 0.497 e. The molecule has 0 aliphatic heterocycles. The van der Waals surface area contributed by atoms with Crippen LogP contribution in [0.3, 0.4) is 0 Å². The first-order valence-electron chi connectivity index (χ1n) is 9.10. The lowest BCUT2D eigenvalue weighted by Crippen LogP contribution is -2.22. The van der Waals surface area contributed by atoms with E-state index in [0.717, 1.165) is 22.7 Å². The molecule has 27 heavy (non-hydrogen) atoms. The number of aliphatic hydroxyl groups is 2. The van der Waals surface area contributed by atoms with E-state index in [0.29, 0.717) is 18.5 Å². The molecule has 0 aliphatic carbocycles. The molecule has 3 aromatic rings. The minimum atomic E-state index is -1.11. The molecule has 0 amide bonds. The second-order valence-electron chi connectivity index (χ2n) is 6.99. The Kier molecular flexibility index (Phi) is 5.63. The number of hydrogen-bond acceptors (Lipinski definition) is 4. The van der Waals surface area contributed by atoms with Crippen molar-refractivity contribution >= 4 is 0 Å². The van der Waals surface area contributed by atoms with E-state index in [2.05, 4.69) is 31.2 Å². The summed E-state index contributed by atoms with van der Waals surface area (Å²) in [5, 5.41) is 24.7. The molecule has 5 heteroatoms. The van der Waals surface area contributed by atoms with Crippen LogP contribution >= 0.6 is 0 Å². The summed E-state index contributed by atoms with van der Waals surface area (Å²) in [5.41, 5.74) is 3.47. The molecule has 0 aliphatic rings. The van der Waals surface area contributed by atoms with E-state index < -0.39 is 5.60 Å². The van der Waals surface area contributed by atoms with Crippen LogP contribution in [-0.2, 0) is 5.60 Å². The van der Waals surface area contributed by atoms with Gasteiger partial charge < -0.3 is 14.9 Å². The van der Waals surface area contributed by atoms with Gasteiger partial charge in [-0.15, -0.1) is 0 Å². The molecule has 1 atom stereocenters. The van der Waals surface area contributed by atoms with E-state index in [4.69, 9.17) is 14.9 Å². The Morgan fingerprint density at radius 3 is 2.33 bits per heavy atom. The van der Waals surface area contributed by atoms with Crippen molar-refractivity contribution in [1.82, 2.24) is 9.78 Å². The molecule has 5 nitrogen and oxygen atoms in total. The molecule has 1 unspecified atom stereocenters. The third-order valence-corrected chi connectivity index (χ3v) is 4.75. The maximum absolute atomic E-state index is 10.9. The minimum Gasteiger partial charge on any atom is -0.497 e. The highest BCUT2D eigenvalue weighted by molar-refractivity contribution is 5.63. The molecule has 0 bridgehead atoms. The van der Waals surface area contributed by atoms with Gasteiger partial charge in [0.05, 0.1) is 24.2 Å². The van der Waals surface area contributed by atoms with Crippen LogP contribution in [-0.4, -0.2) is 33.7 Å². The van der Waals surface area contributed by atoms with E-state index in [1.54, 1.807) is 14.0 Å². The van der Waals surface area contributed by atoms with Crippen molar-refractivity contribution in [2.24, 2.45) is 0 Å². The summed E-state index contributed by atoms with van der Waals surface area (Å²) in [5.74, 6) is 0.776. The molecule has 0 fully saturated rings. The number of hydrogen-bond donors (Lipinski definition) is 2. The number of aromatic nitrogens is 2. The first kappa shape index (κ1) is 19.1. The van der Waals surface area contributed by atoms with Crippen molar-refractivity contribution in [3.05, 3.63) is 65.9 Å². The molecular formula is C22H26N2O3. The van der Waals surface area contributed by atoms with Crippen LogP contribution in [0.2, 0.25) is 0 Å². The summed E-state index contributed by atoms with van der Waals surface area (Å²) in [6, 6.07) is 17.8. The van der Waals surface area contributed by atoms with Crippen LogP contribution in [0.15, 0.2) is 54.6 Å². The number of benzene rings is 2. The molecule has 3 rings (SSSR count). The first-order chi connectivity index (χ1) is 12.9. The summed E-state index contributed by atoms with van der Waals surface area (Å²) in [6.07, 6.45) is 0.957. The number of rotatable bonds is 7. The highest BCUT2D eigenvalue weighted by Crippen LogP contribution is 2.31. The summed E-state index contributed by atoms with van der Waals surface area (Å²) in [6.45, 7) is 3.83. The number of ether oxygens (including phenoxy) is 1. The van der Waals surface area contributed by atoms with Gasteiger partial charge in [-0.1, -0.05) is 29.8 Å². The maximum Gasteiger partial charge on any atom is 0.119 e. The molecule has 1 heterocycles. The quantitative estimate of drug-likeness (QED) is 0.667. The Labute approximate surface area is 159 Å². The zero-order chi connectivity index (χ0) is 19.4. The van der Waals surface area contributed by atoms with E-state index in [1.165, 1.54) is 5.56 Å². The van der Waals surface area contributed by atoms with Crippen molar-refractivity contribution in [3.63, 3.8) is 0 Å². The first-order valence-corrected chi connectivity index (χ1v) is 9.10. The highest BCUT2D eigenvalue weighted by Gasteiger charge is 2.27. The summed E-state index contributed by atoms with van der Waals surface area (Å²) >= 11 is 0. The van der Waals surface area contributed by atoms with Crippen molar-refractivity contribution in [2.75, 3.05) is 13.7 Å². The van der Waals surface area contributed by atoms with E-state index in [1.807, 2.05) is 35.0 Å². The normalized spacial score (nSPS) is 13.4. The van der Waals surface area contributed by atoms with Crippen LogP contribution in [0.4, 0.5) is 0 Å². The van der Waals surface area contributed by atoms with Gasteiger partial charge in [-0.25, -0.2) is 4.68 Å². The number of aryl methyl sites for hydroxylation is 1. The predicted molar refractivity (Wildman–Crippen MR) is 106 cm³/mol. The van der Waals surface area contributed by atoms with E-state index in [9.17, 15) is 5.11 Å². The Morgan fingerprint density at radius 2 is 1.74 bits per heavy atom. The fraction of sp³-hybridized carbons (Fsp3) is 0.318. The predicted octanol–water partition coefficient (Wildman–Crippen LogP) is 3.84. The standard InChI is InChI=1S/C22H26N2O3/c1-16-5-7-17(8-6-16)20-15-21(22(2,26)13-4-14-25)23-24(20)18-9-11-19(27-3)12-10-18/h5-12,15,25-26H,4,13-14H2,1-3H3. The third-order valence-electron chi connectivity index (χ3n) is 4.75. The van der Waals surface area contributed by atoms with Gasteiger partial charge in [0, 0.05) is 12.2 Å². The second kappa shape index (κ2) is 7.94. The Balaban J connectivity index is 2.09. The lowest BCUT2D eigenvalue weighted by Gasteiger charge is -2.20. The molecule has 0 saturated carbocycles. The molecule has 1 aromatic heterocycles. The van der Waals surface area contributed by atoms with Gasteiger partial charge in [0.2, 0.25) is 0 Å². The lowest BCUT2D eigenvalue weighted by molar-refractivity contribution is 0.0357. The number of nitrogens with zero attached hydrogens (tertiary/aromatic N) is 2. The monoisotopic (exact) mass is 366 g/mol. The summed E-state index contributed by atoms with van der Waals surface area (Å²) < 4.78 is 7.08. The summed E-state index contributed by atoms with van der Waals surface area (Å²) in [7, 11) is 1.64. The number of aliphatic hydroxyl groups excluding tert-OH is 1. The molecule has 2 N–H and O–H groups in total. The van der Waals surface area contributed by atoms with Gasteiger partial charge in [-0.2, -0.15) is 5.10 Å².